The highest BCUT2D eigenvalue weighted by molar-refractivity contribution is 7.12. The number of hydrogen-bond donors (Lipinski definition) is 1. The number of aryl methyl sites for hydroxylation is 2. The summed E-state index contributed by atoms with van der Waals surface area (Å²) in [6.45, 7) is 0. The fourth-order valence-corrected chi connectivity index (χ4v) is 4.12. The Balaban J connectivity index is 1.81. The first-order chi connectivity index (χ1) is 10.1. The molecule has 1 aliphatic carbocycles. The molecule has 0 spiro atoms. The molecule has 0 saturated heterocycles. The van der Waals surface area contributed by atoms with Gasteiger partial charge in [0.15, 0.2) is 0 Å². The van der Waals surface area contributed by atoms with E-state index in [-0.39, 0.29) is 12.0 Å². The van der Waals surface area contributed by atoms with Crippen LogP contribution in [0.1, 0.15) is 46.2 Å². The molecule has 1 unspecified atom stereocenters. The van der Waals surface area contributed by atoms with Crippen molar-refractivity contribution in [2.75, 3.05) is 0 Å². The summed E-state index contributed by atoms with van der Waals surface area (Å²) >= 11 is 1.59. The summed E-state index contributed by atoms with van der Waals surface area (Å²) in [6, 6.07) is 5.83. The van der Waals surface area contributed by atoms with E-state index in [9.17, 15) is 13.9 Å². The number of halogens is 2. The van der Waals surface area contributed by atoms with Crippen LogP contribution in [0.4, 0.5) is 8.78 Å². The summed E-state index contributed by atoms with van der Waals surface area (Å²) in [7, 11) is 0. The van der Waals surface area contributed by atoms with Crippen molar-refractivity contribution in [1.82, 2.24) is 0 Å². The summed E-state index contributed by atoms with van der Waals surface area (Å²) in [6.07, 6.45) is 4.87. The topological polar surface area (TPSA) is 20.2 Å². The standard InChI is InChI=1S/C17H18F2OS/c18-13-6-4-7-14(19)12(13)10-15(20)17-9-11-5-2-1-3-8-16(11)21-17/h4,6-7,9,15,20H,1-3,5,8,10H2. The zero-order chi connectivity index (χ0) is 14.8. The van der Waals surface area contributed by atoms with E-state index in [1.165, 1.54) is 47.9 Å². The second-order valence-corrected chi connectivity index (χ2v) is 6.75. The molecule has 0 aliphatic heterocycles. The van der Waals surface area contributed by atoms with Gasteiger partial charge >= 0.3 is 0 Å². The number of benzene rings is 1. The molecule has 2 aromatic rings. The van der Waals surface area contributed by atoms with Crippen molar-refractivity contribution in [2.45, 2.75) is 44.6 Å². The lowest BCUT2D eigenvalue weighted by molar-refractivity contribution is 0.179. The minimum absolute atomic E-state index is 0.0160. The Morgan fingerprint density at radius 3 is 2.57 bits per heavy atom. The van der Waals surface area contributed by atoms with Crippen molar-refractivity contribution in [1.29, 1.82) is 0 Å². The van der Waals surface area contributed by atoms with Crippen molar-refractivity contribution in [2.24, 2.45) is 0 Å². The summed E-state index contributed by atoms with van der Waals surface area (Å²) < 4.78 is 27.3. The summed E-state index contributed by atoms with van der Waals surface area (Å²) in [5, 5.41) is 10.3. The number of thiophene rings is 1. The van der Waals surface area contributed by atoms with Crippen molar-refractivity contribution < 1.29 is 13.9 Å². The fraction of sp³-hybridized carbons (Fsp3) is 0.412. The van der Waals surface area contributed by atoms with Gasteiger partial charge in [0.2, 0.25) is 0 Å². The van der Waals surface area contributed by atoms with Crippen LogP contribution < -0.4 is 0 Å². The molecule has 1 aliphatic rings. The van der Waals surface area contributed by atoms with Gasteiger partial charge in [0, 0.05) is 21.7 Å². The minimum atomic E-state index is -0.840. The lowest BCUT2D eigenvalue weighted by atomic mass is 10.0. The first-order valence-electron chi connectivity index (χ1n) is 7.37. The molecule has 1 nitrogen and oxygen atoms in total. The average Bonchev–Trinajstić information content (AvgIpc) is 2.74. The van der Waals surface area contributed by atoms with Crippen molar-refractivity contribution >= 4 is 11.3 Å². The van der Waals surface area contributed by atoms with Crippen LogP contribution in [-0.4, -0.2) is 5.11 Å². The molecular formula is C17H18F2OS. The van der Waals surface area contributed by atoms with Crippen LogP contribution in [0.2, 0.25) is 0 Å². The molecule has 0 fully saturated rings. The van der Waals surface area contributed by atoms with Crippen molar-refractivity contribution in [3.05, 3.63) is 56.8 Å². The molecule has 1 aromatic heterocycles. The van der Waals surface area contributed by atoms with Gasteiger partial charge in [0.1, 0.15) is 11.6 Å². The molecule has 0 amide bonds. The maximum Gasteiger partial charge on any atom is 0.129 e. The third kappa shape index (κ3) is 3.16. The molecule has 3 rings (SSSR count). The van der Waals surface area contributed by atoms with Crippen LogP contribution in [-0.2, 0) is 19.3 Å². The Bertz CT molecular complexity index is 592. The average molecular weight is 308 g/mol. The molecule has 1 atom stereocenters. The van der Waals surface area contributed by atoms with Crippen molar-refractivity contribution in [3.8, 4) is 0 Å². The number of fused-ring (bicyclic) bond motifs is 1. The second-order valence-electron chi connectivity index (χ2n) is 5.58. The second kappa shape index (κ2) is 6.24. The van der Waals surface area contributed by atoms with Gasteiger partial charge in [-0.05, 0) is 49.4 Å². The first kappa shape index (κ1) is 14.7. The summed E-state index contributed by atoms with van der Waals surface area (Å²) in [4.78, 5) is 2.15. The van der Waals surface area contributed by atoms with E-state index in [0.717, 1.165) is 17.7 Å². The van der Waals surface area contributed by atoms with E-state index in [4.69, 9.17) is 0 Å². The molecule has 0 saturated carbocycles. The third-order valence-corrected chi connectivity index (χ3v) is 5.39. The molecule has 0 bridgehead atoms. The Labute approximate surface area is 127 Å². The molecular weight excluding hydrogens is 290 g/mol. The maximum absolute atomic E-state index is 13.7. The van der Waals surface area contributed by atoms with E-state index < -0.39 is 17.7 Å². The third-order valence-electron chi connectivity index (χ3n) is 4.05. The SMILES string of the molecule is OC(Cc1c(F)cccc1F)c1cc2c(s1)CCCCC2. The van der Waals surface area contributed by atoms with Gasteiger partial charge < -0.3 is 5.11 Å². The quantitative estimate of drug-likeness (QED) is 0.823. The number of hydrogen-bond acceptors (Lipinski definition) is 2. The Morgan fingerprint density at radius 1 is 1.10 bits per heavy atom. The van der Waals surface area contributed by atoms with Crippen LogP contribution in [0.5, 0.6) is 0 Å². The van der Waals surface area contributed by atoms with Crippen LogP contribution >= 0.6 is 11.3 Å². The minimum Gasteiger partial charge on any atom is -0.387 e. The zero-order valence-electron chi connectivity index (χ0n) is 11.7. The largest absolute Gasteiger partial charge is 0.387 e. The monoisotopic (exact) mass is 308 g/mol. The van der Waals surface area contributed by atoms with Crippen LogP contribution in [0.15, 0.2) is 24.3 Å². The fourth-order valence-electron chi connectivity index (χ4n) is 2.88. The Hall–Kier alpha value is -1.26. The number of aliphatic hydroxyl groups excluding tert-OH is 1. The smallest absolute Gasteiger partial charge is 0.129 e. The van der Waals surface area contributed by atoms with E-state index in [1.54, 1.807) is 11.3 Å². The van der Waals surface area contributed by atoms with Crippen molar-refractivity contribution in [3.63, 3.8) is 0 Å². The van der Waals surface area contributed by atoms with Crippen LogP contribution in [0, 0.1) is 11.6 Å². The molecule has 0 radical (unpaired) electrons. The van der Waals surface area contributed by atoms with Gasteiger partial charge in [-0.1, -0.05) is 12.5 Å². The molecule has 1 heterocycles. The Kier molecular flexibility index (Phi) is 4.36. The van der Waals surface area contributed by atoms with Gasteiger partial charge in [-0.25, -0.2) is 8.78 Å². The highest BCUT2D eigenvalue weighted by atomic mass is 32.1. The van der Waals surface area contributed by atoms with Crippen LogP contribution in [0.3, 0.4) is 0 Å². The predicted molar refractivity (Wildman–Crippen MR) is 80.6 cm³/mol. The number of aliphatic hydroxyl groups is 1. The van der Waals surface area contributed by atoms with E-state index in [0.29, 0.717) is 0 Å². The summed E-state index contributed by atoms with van der Waals surface area (Å²) in [5.41, 5.74) is 1.27. The van der Waals surface area contributed by atoms with Gasteiger partial charge in [-0.15, -0.1) is 11.3 Å². The maximum atomic E-state index is 13.7. The molecule has 112 valence electrons. The lowest BCUT2D eigenvalue weighted by Crippen LogP contribution is -2.04. The van der Waals surface area contributed by atoms with Gasteiger partial charge in [0.05, 0.1) is 6.10 Å². The van der Waals surface area contributed by atoms with Gasteiger partial charge in [-0.3, -0.25) is 0 Å². The zero-order valence-corrected chi connectivity index (χ0v) is 12.6. The van der Waals surface area contributed by atoms with E-state index >= 15 is 0 Å². The Morgan fingerprint density at radius 2 is 1.81 bits per heavy atom. The first-order valence-corrected chi connectivity index (χ1v) is 8.19. The molecule has 4 heteroatoms. The highest BCUT2D eigenvalue weighted by Gasteiger charge is 2.20. The van der Waals surface area contributed by atoms with Gasteiger partial charge in [0.25, 0.3) is 0 Å². The molecule has 1 N–H and O–H groups in total. The van der Waals surface area contributed by atoms with E-state index in [1.807, 2.05) is 6.07 Å². The highest BCUT2D eigenvalue weighted by Crippen LogP contribution is 2.34. The van der Waals surface area contributed by atoms with Gasteiger partial charge in [-0.2, -0.15) is 0 Å². The van der Waals surface area contributed by atoms with E-state index in [2.05, 4.69) is 0 Å². The number of rotatable bonds is 3. The molecule has 1 aromatic carbocycles. The van der Waals surface area contributed by atoms with Crippen LogP contribution in [0.25, 0.3) is 0 Å². The molecule has 21 heavy (non-hydrogen) atoms. The predicted octanol–water partition coefficient (Wildman–Crippen LogP) is 4.57. The summed E-state index contributed by atoms with van der Waals surface area (Å²) in [5.74, 6) is -1.18. The normalized spacial score (nSPS) is 16.3. The lowest BCUT2D eigenvalue weighted by Gasteiger charge is -2.10.